The zero-order valence-electron chi connectivity index (χ0n) is 15.9. The molecule has 7 heteroatoms. The molecule has 144 valence electrons. The molecule has 0 N–H and O–H groups in total. The van der Waals surface area contributed by atoms with Crippen LogP contribution in [0.3, 0.4) is 0 Å². The first-order valence-electron chi connectivity index (χ1n) is 8.02. The van der Waals surface area contributed by atoms with E-state index in [0.29, 0.717) is 23.0 Å². The molecule has 0 saturated heterocycles. The van der Waals surface area contributed by atoms with Crippen molar-refractivity contribution in [2.75, 3.05) is 28.4 Å². The molecule has 0 saturated carbocycles. The van der Waals surface area contributed by atoms with E-state index in [0.717, 1.165) is 22.0 Å². The molecular formula is C20H22ClNO5. The highest BCUT2D eigenvalue weighted by atomic mass is 35.5. The summed E-state index contributed by atoms with van der Waals surface area (Å²) in [4.78, 5) is 12.5. The summed E-state index contributed by atoms with van der Waals surface area (Å²) in [6.07, 6.45) is 0. The zero-order valence-corrected chi connectivity index (χ0v) is 16.7. The number of methoxy groups -OCH3 is 4. The predicted octanol–water partition coefficient (Wildman–Crippen LogP) is 3.66. The average molecular weight is 392 g/mol. The van der Waals surface area contributed by atoms with Gasteiger partial charge in [-0.25, -0.2) is 0 Å². The van der Waals surface area contributed by atoms with Crippen LogP contribution in [-0.2, 0) is 7.05 Å². The molecule has 0 aliphatic rings. The summed E-state index contributed by atoms with van der Waals surface area (Å²) in [6.45, 7) is 0. The fourth-order valence-corrected chi connectivity index (χ4v) is 3.07. The normalized spacial score (nSPS) is 10.3. The molecule has 3 aromatic rings. The number of ether oxygens (including phenoxy) is 4. The summed E-state index contributed by atoms with van der Waals surface area (Å²) < 4.78 is 23.1. The van der Waals surface area contributed by atoms with Crippen LogP contribution in [0, 0.1) is 0 Å². The van der Waals surface area contributed by atoms with Crippen molar-refractivity contribution < 1.29 is 18.9 Å². The van der Waals surface area contributed by atoms with Crippen LogP contribution in [0.1, 0.15) is 0 Å². The Morgan fingerprint density at radius 3 is 1.89 bits per heavy atom. The third-order valence-corrected chi connectivity index (χ3v) is 4.41. The van der Waals surface area contributed by atoms with Crippen LogP contribution in [0.2, 0.25) is 0 Å². The number of hydrogen-bond donors (Lipinski definition) is 0. The van der Waals surface area contributed by atoms with Crippen molar-refractivity contribution in [1.82, 2.24) is 4.57 Å². The molecule has 2 aromatic carbocycles. The van der Waals surface area contributed by atoms with Crippen LogP contribution in [0.4, 0.5) is 0 Å². The first kappa shape index (κ1) is 20.5. The van der Waals surface area contributed by atoms with Gasteiger partial charge in [0.15, 0.2) is 23.0 Å². The summed E-state index contributed by atoms with van der Waals surface area (Å²) in [7, 11) is 8.06. The molecule has 0 aliphatic heterocycles. The van der Waals surface area contributed by atoms with E-state index in [1.165, 1.54) is 0 Å². The third-order valence-electron chi connectivity index (χ3n) is 4.41. The first-order valence-corrected chi connectivity index (χ1v) is 8.02. The molecule has 27 heavy (non-hydrogen) atoms. The molecule has 6 nitrogen and oxygen atoms in total. The van der Waals surface area contributed by atoms with Crippen molar-refractivity contribution >= 4 is 23.2 Å². The minimum absolute atomic E-state index is 0. The number of benzene rings is 2. The van der Waals surface area contributed by atoms with Gasteiger partial charge in [0.05, 0.1) is 34.1 Å². The molecule has 1 aromatic heterocycles. The maximum absolute atomic E-state index is 12.5. The first-order chi connectivity index (χ1) is 12.5. The van der Waals surface area contributed by atoms with Crippen LogP contribution in [-0.4, -0.2) is 33.0 Å². The van der Waals surface area contributed by atoms with Gasteiger partial charge in [0, 0.05) is 24.1 Å². The smallest absolute Gasteiger partial charge is 0.251 e. The number of rotatable bonds is 5. The maximum atomic E-state index is 12.5. The number of halogens is 1. The zero-order chi connectivity index (χ0) is 18.8. The van der Waals surface area contributed by atoms with Crippen LogP contribution in [0.25, 0.3) is 22.0 Å². The second-order valence-electron chi connectivity index (χ2n) is 5.75. The van der Waals surface area contributed by atoms with Gasteiger partial charge < -0.3 is 23.5 Å². The number of hydrogen-bond acceptors (Lipinski definition) is 5. The van der Waals surface area contributed by atoms with Crippen molar-refractivity contribution in [3.8, 4) is 34.3 Å². The Kier molecular flexibility index (Phi) is 6.23. The van der Waals surface area contributed by atoms with Gasteiger partial charge in [0.2, 0.25) is 0 Å². The number of fused-ring (bicyclic) bond motifs is 1. The second-order valence-corrected chi connectivity index (χ2v) is 5.75. The van der Waals surface area contributed by atoms with Gasteiger partial charge in [0.25, 0.3) is 5.56 Å². The van der Waals surface area contributed by atoms with Crippen LogP contribution in [0.5, 0.6) is 23.0 Å². The molecular weight excluding hydrogens is 370 g/mol. The van der Waals surface area contributed by atoms with E-state index in [4.69, 9.17) is 18.9 Å². The highest BCUT2D eigenvalue weighted by molar-refractivity contribution is 5.97. The van der Waals surface area contributed by atoms with E-state index in [9.17, 15) is 4.79 Å². The van der Waals surface area contributed by atoms with Crippen LogP contribution in [0.15, 0.2) is 41.2 Å². The van der Waals surface area contributed by atoms with E-state index >= 15 is 0 Å². The van der Waals surface area contributed by atoms with Gasteiger partial charge >= 0.3 is 0 Å². The second kappa shape index (κ2) is 8.22. The van der Waals surface area contributed by atoms with E-state index in [1.807, 2.05) is 24.3 Å². The molecule has 0 spiro atoms. The van der Waals surface area contributed by atoms with Gasteiger partial charge in [-0.15, -0.1) is 12.4 Å². The highest BCUT2D eigenvalue weighted by Gasteiger charge is 2.16. The maximum Gasteiger partial charge on any atom is 0.251 e. The summed E-state index contributed by atoms with van der Waals surface area (Å²) in [6, 6.07) is 10.8. The summed E-state index contributed by atoms with van der Waals surface area (Å²) in [5.74, 6) is 2.39. The van der Waals surface area contributed by atoms with E-state index < -0.39 is 0 Å². The standard InChI is InChI=1S/C20H21NO5.ClH/c1-21-19(22)10-13-9-17(25-4)18(26-5)11-14(13)20(21)12-6-7-15(23-2)16(8-12)24-3;/h6-11H,1-5H3;1H. The molecule has 0 radical (unpaired) electrons. The van der Waals surface area contributed by atoms with Crippen molar-refractivity contribution in [3.05, 3.63) is 46.8 Å². The molecule has 0 fully saturated rings. The Bertz CT molecular complexity index is 1030. The number of nitrogens with zero attached hydrogens (tertiary/aromatic N) is 1. The Balaban J connectivity index is 0.00000261. The van der Waals surface area contributed by atoms with Crippen molar-refractivity contribution in [2.45, 2.75) is 0 Å². The molecule has 3 rings (SSSR count). The van der Waals surface area contributed by atoms with Crippen LogP contribution < -0.4 is 24.5 Å². The minimum atomic E-state index is -0.116. The van der Waals surface area contributed by atoms with Gasteiger partial charge in [-0.05, 0) is 35.7 Å². The lowest BCUT2D eigenvalue weighted by atomic mass is 10.0. The van der Waals surface area contributed by atoms with Crippen molar-refractivity contribution in [2.24, 2.45) is 7.05 Å². The van der Waals surface area contributed by atoms with Gasteiger partial charge in [-0.1, -0.05) is 0 Å². The summed E-state index contributed by atoms with van der Waals surface area (Å²) in [5, 5.41) is 1.65. The molecule has 0 atom stereocenters. The topological polar surface area (TPSA) is 58.9 Å². The molecule has 0 amide bonds. The Hall–Kier alpha value is -2.86. The predicted molar refractivity (Wildman–Crippen MR) is 108 cm³/mol. The van der Waals surface area contributed by atoms with Crippen LogP contribution >= 0.6 is 12.4 Å². The van der Waals surface area contributed by atoms with E-state index in [1.54, 1.807) is 52.2 Å². The third kappa shape index (κ3) is 3.53. The summed E-state index contributed by atoms with van der Waals surface area (Å²) in [5.41, 5.74) is 1.48. The van der Waals surface area contributed by atoms with Gasteiger partial charge in [0.1, 0.15) is 0 Å². The lowest BCUT2D eigenvalue weighted by molar-refractivity contribution is 0.355. The van der Waals surface area contributed by atoms with E-state index in [2.05, 4.69) is 0 Å². The Labute approximate surface area is 163 Å². The number of aromatic nitrogens is 1. The minimum Gasteiger partial charge on any atom is -0.493 e. The fourth-order valence-electron chi connectivity index (χ4n) is 3.07. The molecule has 1 heterocycles. The Morgan fingerprint density at radius 1 is 0.741 bits per heavy atom. The quantitative estimate of drug-likeness (QED) is 0.664. The van der Waals surface area contributed by atoms with Gasteiger partial charge in [-0.2, -0.15) is 0 Å². The summed E-state index contributed by atoms with van der Waals surface area (Å²) >= 11 is 0. The highest BCUT2D eigenvalue weighted by Crippen LogP contribution is 2.38. The fraction of sp³-hybridized carbons (Fsp3) is 0.250. The van der Waals surface area contributed by atoms with Gasteiger partial charge in [-0.3, -0.25) is 4.79 Å². The van der Waals surface area contributed by atoms with E-state index in [-0.39, 0.29) is 18.0 Å². The number of pyridine rings is 1. The molecule has 0 aliphatic carbocycles. The van der Waals surface area contributed by atoms with Crippen molar-refractivity contribution in [3.63, 3.8) is 0 Å². The SMILES string of the molecule is COc1ccc(-c2c3cc(OC)c(OC)cc3cc(=O)n2C)cc1OC.Cl. The molecule has 0 bridgehead atoms. The largest absolute Gasteiger partial charge is 0.493 e. The monoisotopic (exact) mass is 391 g/mol. The molecule has 0 unspecified atom stereocenters. The Morgan fingerprint density at radius 2 is 1.30 bits per heavy atom. The lowest BCUT2D eigenvalue weighted by Gasteiger charge is -2.16. The lowest BCUT2D eigenvalue weighted by Crippen LogP contribution is -2.17. The average Bonchev–Trinajstić information content (AvgIpc) is 2.67. The van der Waals surface area contributed by atoms with Crippen molar-refractivity contribution in [1.29, 1.82) is 0 Å².